The number of benzene rings is 1. The molecule has 1 unspecified atom stereocenters. The molecule has 17 heteroatoms. The van der Waals surface area contributed by atoms with Crippen LogP contribution in [-0.4, -0.2) is 104 Å². The predicted octanol–water partition coefficient (Wildman–Crippen LogP) is 3.52. The fraction of sp³-hybridized carbons (Fsp3) is 0.667. The van der Waals surface area contributed by atoms with E-state index in [2.05, 4.69) is 15.4 Å². The topological polar surface area (TPSA) is 199 Å². The van der Waals surface area contributed by atoms with Crippen LogP contribution in [0.5, 0.6) is 11.5 Å². The third-order valence-corrected chi connectivity index (χ3v) is 13.1. The SMILES string of the molecule is CC[C@H]1C[C@@]1(NC(=O)C1C[C@@H]2CN1C(=O)[C@H](C(C)(C)C)NC(=O)OCC(C)(C)C/C=C/COc1c(OC)ccc3c1CN(C3)C(=O)O2)C(=O)NS(=O)(=O)C1CC1. The molecule has 5 atom stereocenters. The summed E-state index contributed by atoms with van der Waals surface area (Å²) in [5.74, 6) is -1.44. The first-order valence-corrected chi connectivity index (χ1v) is 20.9. The first kappa shape index (κ1) is 41.1. The Kier molecular flexibility index (Phi) is 11.3. The van der Waals surface area contributed by atoms with E-state index in [4.69, 9.17) is 18.9 Å². The number of sulfonamides is 1. The fourth-order valence-corrected chi connectivity index (χ4v) is 9.02. The summed E-state index contributed by atoms with van der Waals surface area (Å²) >= 11 is 0. The van der Waals surface area contributed by atoms with E-state index in [-0.39, 0.29) is 51.6 Å². The standard InChI is InChI=1S/C39H55N5O11S/c1-8-24-18-39(24,34(47)42-56(50,51)26-12-13-26)41-32(45)28-17-25-20-44(28)33(46)31(37(2,3)4)40-35(48)54-22-38(5,6)15-9-10-16-53-30-27-21-43(36(49)55-25)19-23(27)11-14-29(30)52-7/h9-11,14,24-26,28,31H,8,12-13,15-22H2,1-7H3,(H,40,48)(H,41,45)(H,42,47)/b10-9+/t24-,25+,28?,31+,39-/m0/s1. The molecule has 1 aromatic rings. The van der Waals surface area contributed by atoms with Gasteiger partial charge in [0.25, 0.3) is 5.91 Å². The zero-order valence-corrected chi connectivity index (χ0v) is 34.1. The lowest BCUT2D eigenvalue weighted by molar-refractivity contribution is -0.143. The summed E-state index contributed by atoms with van der Waals surface area (Å²) in [6.45, 7) is 11.5. The van der Waals surface area contributed by atoms with Crippen LogP contribution in [-0.2, 0) is 47.0 Å². The van der Waals surface area contributed by atoms with E-state index < -0.39 is 79.7 Å². The maximum Gasteiger partial charge on any atom is 0.410 e. The number of alkyl carbamates (subject to hydrolysis) is 1. The molecule has 2 aliphatic carbocycles. The number of carbonyl (C=O) groups is 5. The average molecular weight is 802 g/mol. The highest BCUT2D eigenvalue weighted by Crippen LogP contribution is 2.47. The number of nitrogens with zero attached hydrogens (tertiary/aromatic N) is 2. The lowest BCUT2D eigenvalue weighted by atomic mass is 9.85. The third-order valence-electron chi connectivity index (χ3n) is 11.3. The van der Waals surface area contributed by atoms with Crippen LogP contribution in [0.3, 0.4) is 0 Å². The van der Waals surface area contributed by atoms with Gasteiger partial charge in [-0.1, -0.05) is 66.2 Å². The lowest BCUT2D eigenvalue weighted by Crippen LogP contribution is -2.60. The highest BCUT2D eigenvalue weighted by molar-refractivity contribution is 7.91. The molecule has 5 aliphatic rings. The van der Waals surface area contributed by atoms with E-state index >= 15 is 0 Å². The highest BCUT2D eigenvalue weighted by atomic mass is 32.2. The van der Waals surface area contributed by atoms with Gasteiger partial charge in [0.1, 0.15) is 30.3 Å². The van der Waals surface area contributed by atoms with Crippen LogP contribution < -0.4 is 24.8 Å². The van der Waals surface area contributed by atoms with Crippen molar-refractivity contribution in [2.24, 2.45) is 16.7 Å². The van der Waals surface area contributed by atoms with E-state index in [0.717, 1.165) is 11.1 Å². The molecule has 56 heavy (non-hydrogen) atoms. The summed E-state index contributed by atoms with van der Waals surface area (Å²) in [6.07, 6.45) is 3.44. The summed E-state index contributed by atoms with van der Waals surface area (Å²) in [5.41, 5.74) is -1.19. The van der Waals surface area contributed by atoms with E-state index in [1.165, 1.54) is 16.9 Å². The fourth-order valence-electron chi connectivity index (χ4n) is 7.65. The Morgan fingerprint density at radius 3 is 2.45 bits per heavy atom. The first-order chi connectivity index (χ1) is 26.3. The summed E-state index contributed by atoms with van der Waals surface area (Å²) in [6, 6.07) is 1.25. The van der Waals surface area contributed by atoms with Crippen LogP contribution in [0.25, 0.3) is 0 Å². The maximum atomic E-state index is 14.6. The van der Waals surface area contributed by atoms with Gasteiger partial charge in [-0.3, -0.25) is 24.0 Å². The number of nitrogens with one attached hydrogen (secondary N) is 3. The van der Waals surface area contributed by atoms with Crippen molar-refractivity contribution in [3.8, 4) is 11.5 Å². The molecule has 16 nitrogen and oxygen atoms in total. The number of hydrogen-bond acceptors (Lipinski definition) is 11. The summed E-state index contributed by atoms with van der Waals surface area (Å²) < 4.78 is 51.0. The molecular weight excluding hydrogens is 747 g/mol. The molecule has 3 aliphatic heterocycles. The monoisotopic (exact) mass is 801 g/mol. The first-order valence-electron chi connectivity index (χ1n) is 19.3. The van der Waals surface area contributed by atoms with E-state index in [9.17, 15) is 32.4 Å². The van der Waals surface area contributed by atoms with Crippen molar-refractivity contribution in [1.29, 1.82) is 0 Å². The number of allylic oxidation sites excluding steroid dienone is 1. The maximum absolute atomic E-state index is 14.6. The number of carbonyl (C=O) groups excluding carboxylic acids is 5. The van der Waals surface area contributed by atoms with Crippen molar-refractivity contribution in [2.75, 3.05) is 26.9 Å². The Balaban J connectivity index is 1.30. The molecule has 0 spiro atoms. The zero-order valence-electron chi connectivity index (χ0n) is 33.3. The minimum Gasteiger partial charge on any atom is -0.493 e. The van der Waals surface area contributed by atoms with Gasteiger partial charge in [0, 0.05) is 23.9 Å². The van der Waals surface area contributed by atoms with Gasteiger partial charge in [-0.25, -0.2) is 18.0 Å². The summed E-state index contributed by atoms with van der Waals surface area (Å²) in [5, 5.41) is 4.89. The number of fused-ring (bicyclic) bond motifs is 3. The van der Waals surface area contributed by atoms with Crippen LogP contribution in [0.2, 0.25) is 0 Å². The predicted molar refractivity (Wildman–Crippen MR) is 203 cm³/mol. The van der Waals surface area contributed by atoms with Crippen molar-refractivity contribution in [3.63, 3.8) is 0 Å². The van der Waals surface area contributed by atoms with Crippen molar-refractivity contribution < 1.29 is 51.3 Å². The Bertz CT molecular complexity index is 1890. The molecular formula is C39H55N5O11S. The van der Waals surface area contributed by atoms with E-state index in [1.807, 2.05) is 39.0 Å². The number of hydrogen-bond donors (Lipinski definition) is 3. The largest absolute Gasteiger partial charge is 0.493 e. The zero-order chi connectivity index (χ0) is 40.8. The van der Waals surface area contributed by atoms with Crippen molar-refractivity contribution in [1.82, 2.24) is 25.2 Å². The molecule has 6 rings (SSSR count). The van der Waals surface area contributed by atoms with Gasteiger partial charge in [0.2, 0.25) is 21.8 Å². The van der Waals surface area contributed by atoms with Crippen LogP contribution in [0, 0.1) is 16.7 Å². The molecule has 0 aromatic heterocycles. The lowest BCUT2D eigenvalue weighted by Gasteiger charge is -2.35. The van der Waals surface area contributed by atoms with Crippen LogP contribution in [0.4, 0.5) is 9.59 Å². The van der Waals surface area contributed by atoms with Gasteiger partial charge in [0.15, 0.2) is 11.5 Å². The summed E-state index contributed by atoms with van der Waals surface area (Å²) in [4.78, 5) is 72.2. The molecule has 2 saturated carbocycles. The normalized spacial score (nSPS) is 28.8. The van der Waals surface area contributed by atoms with Crippen LogP contribution in [0.15, 0.2) is 24.3 Å². The summed E-state index contributed by atoms with van der Waals surface area (Å²) in [7, 11) is -2.36. The number of amides is 5. The molecule has 3 N–H and O–H groups in total. The molecule has 1 aromatic carbocycles. The van der Waals surface area contributed by atoms with Gasteiger partial charge in [-0.15, -0.1) is 0 Å². The molecule has 0 radical (unpaired) electrons. The Morgan fingerprint density at radius 2 is 1.80 bits per heavy atom. The molecule has 4 bridgehead atoms. The van der Waals surface area contributed by atoms with Gasteiger partial charge >= 0.3 is 12.2 Å². The Morgan fingerprint density at radius 1 is 1.07 bits per heavy atom. The van der Waals surface area contributed by atoms with Crippen LogP contribution >= 0.6 is 0 Å². The van der Waals surface area contributed by atoms with Crippen molar-refractivity contribution >= 4 is 39.9 Å². The highest BCUT2D eigenvalue weighted by Gasteiger charge is 2.62. The number of ether oxygens (including phenoxy) is 4. The number of rotatable bonds is 7. The van der Waals surface area contributed by atoms with Gasteiger partial charge in [-0.05, 0) is 48.6 Å². The molecule has 308 valence electrons. The second kappa shape index (κ2) is 15.4. The minimum absolute atomic E-state index is 0.0386. The van der Waals surface area contributed by atoms with E-state index in [1.54, 1.807) is 26.8 Å². The average Bonchev–Trinajstić information content (AvgIpc) is 4.02. The van der Waals surface area contributed by atoms with Gasteiger partial charge in [0.05, 0.1) is 32.1 Å². The second-order valence-electron chi connectivity index (χ2n) is 17.5. The molecule has 3 heterocycles. The quantitative estimate of drug-likeness (QED) is 0.341. The van der Waals surface area contributed by atoms with E-state index in [0.29, 0.717) is 37.2 Å². The van der Waals surface area contributed by atoms with Crippen molar-refractivity contribution in [3.05, 3.63) is 35.4 Å². The van der Waals surface area contributed by atoms with Crippen LogP contribution in [0.1, 0.15) is 91.2 Å². The van der Waals surface area contributed by atoms with Gasteiger partial charge in [-0.2, -0.15) is 0 Å². The Labute approximate surface area is 328 Å². The molecule has 1 saturated heterocycles. The van der Waals surface area contributed by atoms with Crippen molar-refractivity contribution in [2.45, 2.75) is 122 Å². The molecule has 5 amide bonds. The Hall–Kier alpha value is -4.54. The molecule has 3 fully saturated rings. The number of cyclic esters (lactones) is 1. The minimum atomic E-state index is -3.90. The van der Waals surface area contributed by atoms with Gasteiger partial charge < -0.3 is 34.5 Å². The second-order valence-corrected chi connectivity index (χ2v) is 19.4. The third kappa shape index (κ3) is 8.71. The smallest absolute Gasteiger partial charge is 0.410 e. The number of methoxy groups -OCH3 is 1.